The largest absolute Gasteiger partial charge is 0.489 e. The van der Waals surface area contributed by atoms with E-state index < -0.39 is 0 Å². The third-order valence-electron chi connectivity index (χ3n) is 5.34. The lowest BCUT2D eigenvalue weighted by Crippen LogP contribution is -2.51. The Bertz CT molecular complexity index is 800. The second kappa shape index (κ2) is 10.4. The highest BCUT2D eigenvalue weighted by Crippen LogP contribution is 2.17. The van der Waals surface area contributed by atoms with E-state index in [0.717, 1.165) is 31.9 Å². The molecule has 0 spiro atoms. The third-order valence-corrected chi connectivity index (χ3v) is 5.34. The monoisotopic (exact) mass is 396 g/mol. The standard InChI is InChI=1S/C24H32N2O3/c1-18(2)23(26-10-12-28-13-11-26)16-25-24(27)21-8-5-9-22(15-21)29-17-20-7-4-6-19(3)14-20/h4-9,14-15,18,23H,10-13,16-17H2,1-3H3,(H,25,27). The molecule has 3 rings (SSSR count). The fourth-order valence-corrected chi connectivity index (χ4v) is 3.69. The molecule has 1 atom stereocenters. The highest BCUT2D eigenvalue weighted by Gasteiger charge is 2.24. The van der Waals surface area contributed by atoms with E-state index in [1.807, 2.05) is 36.4 Å². The molecule has 1 heterocycles. The number of carbonyl (C=O) groups is 1. The average molecular weight is 397 g/mol. The van der Waals surface area contributed by atoms with Crippen LogP contribution in [0.25, 0.3) is 0 Å². The molecule has 0 bridgehead atoms. The molecule has 29 heavy (non-hydrogen) atoms. The van der Waals surface area contributed by atoms with Gasteiger partial charge in [-0.25, -0.2) is 0 Å². The smallest absolute Gasteiger partial charge is 0.251 e. The van der Waals surface area contributed by atoms with E-state index in [1.54, 1.807) is 0 Å². The Morgan fingerprint density at radius 1 is 1.14 bits per heavy atom. The number of morpholine rings is 1. The number of nitrogens with zero attached hydrogens (tertiary/aromatic N) is 1. The van der Waals surface area contributed by atoms with Gasteiger partial charge in [0.25, 0.3) is 5.91 Å². The van der Waals surface area contributed by atoms with Gasteiger partial charge in [-0.05, 0) is 36.6 Å². The van der Waals surface area contributed by atoms with Crippen molar-refractivity contribution in [3.8, 4) is 5.75 Å². The van der Waals surface area contributed by atoms with E-state index in [0.29, 0.717) is 36.4 Å². The first kappa shape index (κ1) is 21.3. The fourth-order valence-electron chi connectivity index (χ4n) is 3.69. The summed E-state index contributed by atoms with van der Waals surface area (Å²) in [5, 5.41) is 3.11. The maximum atomic E-state index is 12.7. The van der Waals surface area contributed by atoms with Gasteiger partial charge in [0.15, 0.2) is 0 Å². The Labute approximate surface area is 174 Å². The molecule has 1 fully saturated rings. The molecule has 0 saturated carbocycles. The van der Waals surface area contributed by atoms with Crippen LogP contribution in [0.1, 0.15) is 35.3 Å². The number of ether oxygens (including phenoxy) is 2. The normalized spacial score (nSPS) is 15.9. The molecule has 1 amide bonds. The highest BCUT2D eigenvalue weighted by atomic mass is 16.5. The number of nitrogens with one attached hydrogen (secondary N) is 1. The van der Waals surface area contributed by atoms with Crippen LogP contribution in [0.2, 0.25) is 0 Å². The summed E-state index contributed by atoms with van der Waals surface area (Å²) in [7, 11) is 0. The minimum absolute atomic E-state index is 0.0649. The van der Waals surface area contributed by atoms with Gasteiger partial charge in [-0.3, -0.25) is 9.69 Å². The van der Waals surface area contributed by atoms with Gasteiger partial charge in [0, 0.05) is 31.2 Å². The molecule has 2 aromatic rings. The maximum Gasteiger partial charge on any atom is 0.251 e. The summed E-state index contributed by atoms with van der Waals surface area (Å²) in [6.07, 6.45) is 0. The number of amides is 1. The van der Waals surface area contributed by atoms with Crippen molar-refractivity contribution >= 4 is 5.91 Å². The Hall–Kier alpha value is -2.37. The van der Waals surface area contributed by atoms with E-state index >= 15 is 0 Å². The van der Waals surface area contributed by atoms with Crippen LogP contribution in [-0.2, 0) is 11.3 Å². The molecule has 1 N–H and O–H groups in total. The van der Waals surface area contributed by atoms with E-state index in [9.17, 15) is 4.79 Å². The van der Waals surface area contributed by atoms with Gasteiger partial charge in [0.2, 0.25) is 0 Å². The third kappa shape index (κ3) is 6.31. The molecule has 5 nitrogen and oxygen atoms in total. The van der Waals surface area contributed by atoms with Crippen molar-refractivity contribution in [3.05, 3.63) is 65.2 Å². The van der Waals surface area contributed by atoms with Gasteiger partial charge >= 0.3 is 0 Å². The average Bonchev–Trinajstić information content (AvgIpc) is 2.73. The number of hydrogen-bond donors (Lipinski definition) is 1. The summed E-state index contributed by atoms with van der Waals surface area (Å²) in [4.78, 5) is 15.1. The van der Waals surface area contributed by atoms with E-state index in [-0.39, 0.29) is 5.91 Å². The fraction of sp³-hybridized carbons (Fsp3) is 0.458. The SMILES string of the molecule is Cc1cccc(COc2cccc(C(=O)NCC(C(C)C)N3CCOCC3)c2)c1. The molecular formula is C24H32N2O3. The van der Waals surface area contributed by atoms with Gasteiger partial charge in [-0.1, -0.05) is 49.7 Å². The van der Waals surface area contributed by atoms with Crippen LogP contribution in [-0.4, -0.2) is 49.7 Å². The second-order valence-electron chi connectivity index (χ2n) is 7.98. The van der Waals surface area contributed by atoms with Gasteiger partial charge < -0.3 is 14.8 Å². The minimum Gasteiger partial charge on any atom is -0.489 e. The molecule has 0 aromatic heterocycles. The van der Waals surface area contributed by atoms with E-state index in [1.165, 1.54) is 5.56 Å². The van der Waals surface area contributed by atoms with Crippen molar-refractivity contribution in [2.24, 2.45) is 5.92 Å². The minimum atomic E-state index is -0.0649. The van der Waals surface area contributed by atoms with E-state index in [4.69, 9.17) is 9.47 Å². The lowest BCUT2D eigenvalue weighted by Gasteiger charge is -2.36. The van der Waals surface area contributed by atoms with Crippen molar-refractivity contribution in [2.75, 3.05) is 32.8 Å². The van der Waals surface area contributed by atoms with Crippen molar-refractivity contribution in [1.29, 1.82) is 0 Å². The molecule has 1 aliphatic heterocycles. The number of rotatable bonds is 8. The molecule has 0 radical (unpaired) electrons. The zero-order valence-corrected chi connectivity index (χ0v) is 17.7. The summed E-state index contributed by atoms with van der Waals surface area (Å²) >= 11 is 0. The molecule has 5 heteroatoms. The number of aryl methyl sites for hydroxylation is 1. The predicted molar refractivity (Wildman–Crippen MR) is 115 cm³/mol. The van der Waals surface area contributed by atoms with Gasteiger partial charge in [-0.15, -0.1) is 0 Å². The number of carbonyl (C=O) groups excluding carboxylic acids is 1. The van der Waals surface area contributed by atoms with Crippen LogP contribution in [0.3, 0.4) is 0 Å². The first-order valence-corrected chi connectivity index (χ1v) is 10.4. The Morgan fingerprint density at radius 2 is 1.90 bits per heavy atom. The highest BCUT2D eigenvalue weighted by molar-refractivity contribution is 5.94. The lowest BCUT2D eigenvalue weighted by atomic mass is 10.0. The van der Waals surface area contributed by atoms with Crippen molar-refractivity contribution in [1.82, 2.24) is 10.2 Å². The summed E-state index contributed by atoms with van der Waals surface area (Å²) in [6.45, 7) is 10.9. The Morgan fingerprint density at radius 3 is 2.62 bits per heavy atom. The van der Waals surface area contributed by atoms with Crippen molar-refractivity contribution < 1.29 is 14.3 Å². The van der Waals surface area contributed by atoms with Crippen LogP contribution in [0.15, 0.2) is 48.5 Å². The predicted octanol–water partition coefficient (Wildman–Crippen LogP) is 3.66. The first-order valence-electron chi connectivity index (χ1n) is 10.4. The quantitative estimate of drug-likeness (QED) is 0.740. The zero-order valence-electron chi connectivity index (χ0n) is 17.7. The molecular weight excluding hydrogens is 364 g/mol. The van der Waals surface area contributed by atoms with Crippen LogP contribution < -0.4 is 10.1 Å². The number of hydrogen-bond acceptors (Lipinski definition) is 4. The summed E-state index contributed by atoms with van der Waals surface area (Å²) in [5.74, 6) is 1.09. The molecule has 1 aliphatic rings. The van der Waals surface area contributed by atoms with Crippen LogP contribution in [0, 0.1) is 12.8 Å². The van der Waals surface area contributed by atoms with Crippen molar-refractivity contribution in [3.63, 3.8) is 0 Å². The second-order valence-corrected chi connectivity index (χ2v) is 7.98. The Kier molecular flexibility index (Phi) is 7.67. The van der Waals surface area contributed by atoms with Gasteiger partial charge in [0.1, 0.15) is 12.4 Å². The molecule has 156 valence electrons. The zero-order chi connectivity index (χ0) is 20.6. The molecule has 2 aromatic carbocycles. The Balaban J connectivity index is 1.56. The van der Waals surface area contributed by atoms with Crippen LogP contribution in [0.4, 0.5) is 0 Å². The summed E-state index contributed by atoms with van der Waals surface area (Å²) in [6, 6.07) is 15.9. The summed E-state index contributed by atoms with van der Waals surface area (Å²) < 4.78 is 11.4. The van der Waals surface area contributed by atoms with Crippen LogP contribution >= 0.6 is 0 Å². The van der Waals surface area contributed by atoms with Crippen LogP contribution in [0.5, 0.6) is 5.75 Å². The molecule has 0 aliphatic carbocycles. The molecule has 1 unspecified atom stereocenters. The molecule has 1 saturated heterocycles. The van der Waals surface area contributed by atoms with Crippen molar-refractivity contribution in [2.45, 2.75) is 33.4 Å². The summed E-state index contributed by atoms with van der Waals surface area (Å²) in [5.41, 5.74) is 2.94. The first-order chi connectivity index (χ1) is 14.0. The van der Waals surface area contributed by atoms with E-state index in [2.05, 4.69) is 43.1 Å². The maximum absolute atomic E-state index is 12.7. The van der Waals surface area contributed by atoms with Gasteiger partial charge in [0.05, 0.1) is 13.2 Å². The topological polar surface area (TPSA) is 50.8 Å². The van der Waals surface area contributed by atoms with Gasteiger partial charge in [-0.2, -0.15) is 0 Å². The number of benzene rings is 2. The lowest BCUT2D eigenvalue weighted by molar-refractivity contribution is 0.00672.